The Morgan fingerprint density at radius 1 is 1.27 bits per heavy atom. The molecule has 82 valence electrons. The molecule has 15 heavy (non-hydrogen) atoms. The molecule has 0 spiro atoms. The minimum absolute atomic E-state index is 0.148. The standard InChI is InChI=1S/C13H18FN/c1-13(2)9-15-8-7-12(13)10-3-5-11(14)6-4-10/h3-6,12,15H,7-9H2,1-2H3/t12-/m1/s1. The molecule has 1 fully saturated rings. The van der Waals surface area contributed by atoms with Gasteiger partial charge in [0.1, 0.15) is 5.82 Å². The fourth-order valence-electron chi connectivity index (χ4n) is 2.48. The average molecular weight is 207 g/mol. The summed E-state index contributed by atoms with van der Waals surface area (Å²) < 4.78 is 12.8. The molecule has 1 saturated heterocycles. The summed E-state index contributed by atoms with van der Waals surface area (Å²) >= 11 is 0. The normalized spacial score (nSPS) is 25.1. The third-order valence-corrected chi connectivity index (χ3v) is 3.41. The van der Waals surface area contributed by atoms with Crippen molar-refractivity contribution in [2.24, 2.45) is 5.41 Å². The van der Waals surface area contributed by atoms with Crippen LogP contribution < -0.4 is 5.32 Å². The summed E-state index contributed by atoms with van der Waals surface area (Å²) in [6, 6.07) is 6.97. The van der Waals surface area contributed by atoms with Crippen LogP contribution in [-0.4, -0.2) is 13.1 Å². The molecule has 0 radical (unpaired) electrons. The van der Waals surface area contributed by atoms with Gasteiger partial charge in [-0.3, -0.25) is 0 Å². The summed E-state index contributed by atoms with van der Waals surface area (Å²) in [5, 5.41) is 3.41. The lowest BCUT2D eigenvalue weighted by Gasteiger charge is -2.39. The van der Waals surface area contributed by atoms with Crippen LogP contribution in [0, 0.1) is 11.2 Å². The van der Waals surface area contributed by atoms with Gasteiger partial charge < -0.3 is 5.32 Å². The maximum atomic E-state index is 12.8. The molecule has 0 amide bonds. The minimum atomic E-state index is -0.148. The lowest BCUT2D eigenvalue weighted by molar-refractivity contribution is 0.219. The molecule has 1 N–H and O–H groups in total. The van der Waals surface area contributed by atoms with E-state index in [9.17, 15) is 4.39 Å². The highest BCUT2D eigenvalue weighted by molar-refractivity contribution is 5.23. The summed E-state index contributed by atoms with van der Waals surface area (Å²) in [6.07, 6.45) is 1.14. The van der Waals surface area contributed by atoms with Crippen molar-refractivity contribution in [2.45, 2.75) is 26.2 Å². The fourth-order valence-corrected chi connectivity index (χ4v) is 2.48. The molecule has 1 aromatic rings. The molecule has 0 aliphatic carbocycles. The molecule has 1 aromatic carbocycles. The molecule has 0 aromatic heterocycles. The van der Waals surface area contributed by atoms with Crippen molar-refractivity contribution in [3.63, 3.8) is 0 Å². The molecule has 2 heteroatoms. The van der Waals surface area contributed by atoms with Gasteiger partial charge in [0.15, 0.2) is 0 Å². The molecule has 1 aliphatic heterocycles. The highest BCUT2D eigenvalue weighted by atomic mass is 19.1. The van der Waals surface area contributed by atoms with E-state index in [1.165, 1.54) is 5.56 Å². The largest absolute Gasteiger partial charge is 0.316 e. The van der Waals surface area contributed by atoms with Crippen LogP contribution in [-0.2, 0) is 0 Å². The molecule has 1 heterocycles. The van der Waals surface area contributed by atoms with Crippen LogP contribution in [0.3, 0.4) is 0 Å². The van der Waals surface area contributed by atoms with Crippen LogP contribution in [0.25, 0.3) is 0 Å². The number of benzene rings is 1. The summed E-state index contributed by atoms with van der Waals surface area (Å²) in [6.45, 7) is 6.64. The monoisotopic (exact) mass is 207 g/mol. The first kappa shape index (κ1) is 10.6. The Morgan fingerprint density at radius 3 is 2.53 bits per heavy atom. The predicted octanol–water partition coefficient (Wildman–Crippen LogP) is 2.93. The van der Waals surface area contributed by atoms with Crippen LogP contribution in [0.15, 0.2) is 24.3 Å². The Labute approximate surface area is 90.7 Å². The number of piperidine rings is 1. The third kappa shape index (κ3) is 2.20. The minimum Gasteiger partial charge on any atom is -0.316 e. The molecular formula is C13H18FN. The zero-order valence-corrected chi connectivity index (χ0v) is 9.39. The van der Waals surface area contributed by atoms with Crippen LogP contribution in [0.4, 0.5) is 4.39 Å². The predicted molar refractivity (Wildman–Crippen MR) is 60.4 cm³/mol. The lowest BCUT2D eigenvalue weighted by Crippen LogP contribution is -2.41. The van der Waals surface area contributed by atoms with E-state index in [0.29, 0.717) is 5.92 Å². The van der Waals surface area contributed by atoms with Crippen LogP contribution in [0.5, 0.6) is 0 Å². The van der Waals surface area contributed by atoms with Crippen LogP contribution >= 0.6 is 0 Å². The van der Waals surface area contributed by atoms with Crippen molar-refractivity contribution in [3.05, 3.63) is 35.6 Å². The Morgan fingerprint density at radius 2 is 1.93 bits per heavy atom. The van der Waals surface area contributed by atoms with Crippen molar-refractivity contribution in [2.75, 3.05) is 13.1 Å². The Bertz CT molecular complexity index is 329. The van der Waals surface area contributed by atoms with E-state index in [2.05, 4.69) is 19.2 Å². The van der Waals surface area contributed by atoms with Gasteiger partial charge in [-0.2, -0.15) is 0 Å². The number of hydrogen-bond acceptors (Lipinski definition) is 1. The second-order valence-electron chi connectivity index (χ2n) is 5.06. The molecule has 0 saturated carbocycles. The maximum Gasteiger partial charge on any atom is 0.123 e. The molecule has 0 bridgehead atoms. The lowest BCUT2D eigenvalue weighted by atomic mass is 9.71. The zero-order chi connectivity index (χ0) is 10.9. The highest BCUT2D eigenvalue weighted by Gasteiger charge is 2.32. The topological polar surface area (TPSA) is 12.0 Å². The van der Waals surface area contributed by atoms with Crippen molar-refractivity contribution >= 4 is 0 Å². The van der Waals surface area contributed by atoms with Gasteiger partial charge in [-0.25, -0.2) is 4.39 Å². The number of rotatable bonds is 1. The van der Waals surface area contributed by atoms with Crippen molar-refractivity contribution < 1.29 is 4.39 Å². The van der Waals surface area contributed by atoms with Crippen molar-refractivity contribution in [1.29, 1.82) is 0 Å². The zero-order valence-electron chi connectivity index (χ0n) is 9.39. The van der Waals surface area contributed by atoms with E-state index < -0.39 is 0 Å². The fraction of sp³-hybridized carbons (Fsp3) is 0.538. The SMILES string of the molecule is CC1(C)CNCC[C@@H]1c1ccc(F)cc1. The molecule has 1 atom stereocenters. The number of nitrogens with one attached hydrogen (secondary N) is 1. The second-order valence-corrected chi connectivity index (χ2v) is 5.06. The van der Waals surface area contributed by atoms with Gasteiger partial charge in [0, 0.05) is 6.54 Å². The van der Waals surface area contributed by atoms with Gasteiger partial charge in [-0.1, -0.05) is 26.0 Å². The van der Waals surface area contributed by atoms with Crippen LogP contribution in [0.2, 0.25) is 0 Å². The first-order valence-corrected chi connectivity index (χ1v) is 5.56. The first-order valence-electron chi connectivity index (χ1n) is 5.56. The van der Waals surface area contributed by atoms with E-state index in [0.717, 1.165) is 19.5 Å². The van der Waals surface area contributed by atoms with E-state index in [1.807, 2.05) is 12.1 Å². The van der Waals surface area contributed by atoms with Gasteiger partial charge in [0.25, 0.3) is 0 Å². The Balaban J connectivity index is 2.25. The van der Waals surface area contributed by atoms with Crippen molar-refractivity contribution in [1.82, 2.24) is 5.32 Å². The Kier molecular flexibility index (Phi) is 2.79. The number of hydrogen-bond donors (Lipinski definition) is 1. The van der Waals surface area contributed by atoms with Gasteiger partial charge in [-0.15, -0.1) is 0 Å². The van der Waals surface area contributed by atoms with Gasteiger partial charge in [0.2, 0.25) is 0 Å². The van der Waals surface area contributed by atoms with E-state index >= 15 is 0 Å². The van der Waals surface area contributed by atoms with Gasteiger partial charge >= 0.3 is 0 Å². The average Bonchev–Trinajstić information content (AvgIpc) is 2.19. The van der Waals surface area contributed by atoms with E-state index in [1.54, 1.807) is 12.1 Å². The summed E-state index contributed by atoms with van der Waals surface area (Å²) in [7, 11) is 0. The molecule has 1 aliphatic rings. The second kappa shape index (κ2) is 3.93. The molecule has 2 rings (SSSR count). The summed E-state index contributed by atoms with van der Waals surface area (Å²) in [5.41, 5.74) is 1.53. The summed E-state index contributed by atoms with van der Waals surface area (Å²) in [5.74, 6) is 0.393. The van der Waals surface area contributed by atoms with Gasteiger partial charge in [0.05, 0.1) is 0 Å². The smallest absolute Gasteiger partial charge is 0.123 e. The van der Waals surface area contributed by atoms with Gasteiger partial charge in [-0.05, 0) is 42.0 Å². The maximum absolute atomic E-state index is 12.8. The van der Waals surface area contributed by atoms with Crippen molar-refractivity contribution in [3.8, 4) is 0 Å². The van der Waals surface area contributed by atoms with Crippen LogP contribution in [0.1, 0.15) is 31.7 Å². The highest BCUT2D eigenvalue weighted by Crippen LogP contribution is 2.39. The molecule has 0 unspecified atom stereocenters. The summed E-state index contributed by atoms with van der Waals surface area (Å²) in [4.78, 5) is 0. The van der Waals surface area contributed by atoms with E-state index in [4.69, 9.17) is 0 Å². The quantitative estimate of drug-likeness (QED) is 0.746. The molecule has 1 nitrogen and oxygen atoms in total. The number of halogens is 1. The first-order chi connectivity index (χ1) is 7.09. The third-order valence-electron chi connectivity index (χ3n) is 3.41. The molecular weight excluding hydrogens is 189 g/mol. The Hall–Kier alpha value is -0.890. The van der Waals surface area contributed by atoms with E-state index in [-0.39, 0.29) is 11.2 Å².